The summed E-state index contributed by atoms with van der Waals surface area (Å²) < 4.78 is 0.853. The number of nitrogens with zero attached hydrogens (tertiary/aromatic N) is 1. The molecule has 0 bridgehead atoms. The highest BCUT2D eigenvalue weighted by atomic mass is 79.9. The molecule has 1 amide bonds. The van der Waals surface area contributed by atoms with Crippen LogP contribution in [-0.2, 0) is 9.59 Å². The van der Waals surface area contributed by atoms with Crippen molar-refractivity contribution in [3.63, 3.8) is 0 Å². The molecule has 0 aliphatic rings. The number of aliphatic carboxylic acids is 1. The zero-order chi connectivity index (χ0) is 12.1. The molecule has 0 aliphatic carbocycles. The van der Waals surface area contributed by atoms with Crippen LogP contribution in [0.25, 0.3) is 0 Å². The number of hydrogen-bond acceptors (Lipinski definition) is 3. The Hall–Kier alpha value is -1.40. The molecule has 0 atom stereocenters. The number of halogens is 1. The van der Waals surface area contributed by atoms with Gasteiger partial charge in [-0.05, 0) is 24.3 Å². The molecule has 0 heterocycles. The number of amides is 1. The molecule has 3 N–H and O–H groups in total. The van der Waals surface area contributed by atoms with E-state index in [2.05, 4.69) is 15.9 Å². The van der Waals surface area contributed by atoms with Crippen molar-refractivity contribution in [3.05, 3.63) is 28.7 Å². The Morgan fingerprint density at radius 3 is 2.31 bits per heavy atom. The first kappa shape index (κ1) is 12.7. The van der Waals surface area contributed by atoms with E-state index in [-0.39, 0.29) is 6.54 Å². The van der Waals surface area contributed by atoms with Crippen LogP contribution in [0.4, 0.5) is 5.69 Å². The highest BCUT2D eigenvalue weighted by Gasteiger charge is 2.16. The van der Waals surface area contributed by atoms with Crippen molar-refractivity contribution in [1.29, 1.82) is 0 Å². The Kier molecular flexibility index (Phi) is 4.45. The standard InChI is InChI=1S/C10H11BrN2O3/c11-7-1-3-8(4-2-7)13(6-10(15)16)9(14)5-12/h1-4H,5-6,12H2,(H,15,16). The second-order valence-electron chi connectivity index (χ2n) is 3.05. The lowest BCUT2D eigenvalue weighted by Crippen LogP contribution is -2.39. The highest BCUT2D eigenvalue weighted by Crippen LogP contribution is 2.18. The number of hydrogen-bond donors (Lipinski definition) is 2. The third-order valence-corrected chi connectivity index (χ3v) is 2.44. The first-order valence-corrected chi connectivity index (χ1v) is 5.31. The number of carbonyl (C=O) groups is 2. The number of anilines is 1. The van der Waals surface area contributed by atoms with Gasteiger partial charge in [0.1, 0.15) is 6.54 Å². The van der Waals surface area contributed by atoms with Gasteiger partial charge in [-0.25, -0.2) is 0 Å². The Morgan fingerprint density at radius 1 is 1.31 bits per heavy atom. The van der Waals surface area contributed by atoms with Gasteiger partial charge in [-0.3, -0.25) is 9.59 Å². The van der Waals surface area contributed by atoms with Gasteiger partial charge in [-0.15, -0.1) is 0 Å². The lowest BCUT2D eigenvalue weighted by Gasteiger charge is -2.19. The molecule has 0 saturated carbocycles. The fraction of sp³-hybridized carbons (Fsp3) is 0.200. The van der Waals surface area contributed by atoms with Gasteiger partial charge in [0.2, 0.25) is 5.91 Å². The van der Waals surface area contributed by atoms with Crippen LogP contribution in [0.2, 0.25) is 0 Å². The lowest BCUT2D eigenvalue weighted by atomic mass is 10.3. The Bertz CT molecular complexity index is 392. The van der Waals surface area contributed by atoms with Crippen LogP contribution >= 0.6 is 15.9 Å². The van der Waals surface area contributed by atoms with Crippen molar-refractivity contribution >= 4 is 33.5 Å². The summed E-state index contributed by atoms with van der Waals surface area (Å²) in [5, 5.41) is 8.70. The van der Waals surface area contributed by atoms with Gasteiger partial charge in [0, 0.05) is 10.2 Å². The molecule has 86 valence electrons. The summed E-state index contributed by atoms with van der Waals surface area (Å²) in [6.07, 6.45) is 0. The molecule has 0 aromatic heterocycles. The summed E-state index contributed by atoms with van der Waals surface area (Å²) in [4.78, 5) is 23.2. The van der Waals surface area contributed by atoms with Crippen LogP contribution in [0.1, 0.15) is 0 Å². The average Bonchev–Trinajstić information content (AvgIpc) is 2.26. The third-order valence-electron chi connectivity index (χ3n) is 1.91. The molecule has 1 aromatic carbocycles. The summed E-state index contributed by atoms with van der Waals surface area (Å²) in [7, 11) is 0. The van der Waals surface area contributed by atoms with E-state index in [1.165, 1.54) is 0 Å². The predicted octanol–water partition coefficient (Wildman–Crippen LogP) is 0.825. The smallest absolute Gasteiger partial charge is 0.323 e. The maximum absolute atomic E-state index is 11.5. The van der Waals surface area contributed by atoms with E-state index in [0.717, 1.165) is 9.37 Å². The summed E-state index contributed by atoms with van der Waals surface area (Å²) >= 11 is 3.26. The van der Waals surface area contributed by atoms with Gasteiger partial charge >= 0.3 is 5.97 Å². The Balaban J connectivity index is 2.96. The summed E-state index contributed by atoms with van der Waals surface area (Å²) in [6.45, 7) is -0.610. The minimum Gasteiger partial charge on any atom is -0.480 e. The van der Waals surface area contributed by atoms with Gasteiger partial charge < -0.3 is 15.7 Å². The van der Waals surface area contributed by atoms with Gasteiger partial charge in [0.15, 0.2) is 0 Å². The van der Waals surface area contributed by atoms with E-state index in [0.29, 0.717) is 5.69 Å². The quantitative estimate of drug-likeness (QED) is 0.859. The second kappa shape index (κ2) is 5.62. The van der Waals surface area contributed by atoms with E-state index < -0.39 is 18.4 Å². The molecule has 1 aromatic rings. The van der Waals surface area contributed by atoms with E-state index in [1.54, 1.807) is 24.3 Å². The summed E-state index contributed by atoms with van der Waals surface area (Å²) in [5.41, 5.74) is 5.74. The molecule has 0 saturated heterocycles. The number of rotatable bonds is 4. The van der Waals surface area contributed by atoms with Crippen LogP contribution in [0.15, 0.2) is 28.7 Å². The molecule has 1 rings (SSSR count). The predicted molar refractivity (Wildman–Crippen MR) is 63.2 cm³/mol. The summed E-state index contributed by atoms with van der Waals surface area (Å²) in [5.74, 6) is -1.51. The number of carboxylic acids is 1. The zero-order valence-corrected chi connectivity index (χ0v) is 9.98. The molecule has 16 heavy (non-hydrogen) atoms. The Labute approximate surface area is 101 Å². The third kappa shape index (κ3) is 3.32. The maximum atomic E-state index is 11.5. The van der Waals surface area contributed by atoms with Gasteiger partial charge in [-0.1, -0.05) is 15.9 Å². The van der Waals surface area contributed by atoms with Gasteiger partial charge in [-0.2, -0.15) is 0 Å². The topological polar surface area (TPSA) is 83.6 Å². The van der Waals surface area contributed by atoms with Crippen LogP contribution in [0.3, 0.4) is 0 Å². The fourth-order valence-corrected chi connectivity index (χ4v) is 1.45. The second-order valence-corrected chi connectivity index (χ2v) is 3.97. The summed E-state index contributed by atoms with van der Waals surface area (Å²) in [6, 6.07) is 6.77. The largest absolute Gasteiger partial charge is 0.480 e. The monoisotopic (exact) mass is 286 g/mol. The van der Waals surface area contributed by atoms with E-state index in [9.17, 15) is 9.59 Å². The SMILES string of the molecule is NCC(=O)N(CC(=O)O)c1ccc(Br)cc1. The van der Waals surface area contributed by atoms with Crippen LogP contribution in [-0.4, -0.2) is 30.1 Å². The number of nitrogens with two attached hydrogens (primary N) is 1. The molecule has 5 nitrogen and oxygen atoms in total. The van der Waals surface area contributed by atoms with Crippen molar-refractivity contribution in [2.75, 3.05) is 18.0 Å². The molecule has 6 heteroatoms. The number of benzene rings is 1. The Morgan fingerprint density at radius 2 is 1.88 bits per heavy atom. The van der Waals surface area contributed by atoms with E-state index >= 15 is 0 Å². The van der Waals surface area contributed by atoms with E-state index in [4.69, 9.17) is 10.8 Å². The van der Waals surface area contributed by atoms with Crippen molar-refractivity contribution < 1.29 is 14.7 Å². The highest BCUT2D eigenvalue weighted by molar-refractivity contribution is 9.10. The van der Waals surface area contributed by atoms with E-state index in [1.807, 2.05) is 0 Å². The van der Waals surface area contributed by atoms with Crippen molar-refractivity contribution in [2.24, 2.45) is 5.73 Å². The van der Waals surface area contributed by atoms with Crippen LogP contribution in [0.5, 0.6) is 0 Å². The molecular formula is C10H11BrN2O3. The minimum absolute atomic E-state index is 0.219. The molecule has 0 aliphatic heterocycles. The van der Waals surface area contributed by atoms with Crippen molar-refractivity contribution in [2.45, 2.75) is 0 Å². The van der Waals surface area contributed by atoms with Gasteiger partial charge in [0.05, 0.1) is 6.54 Å². The maximum Gasteiger partial charge on any atom is 0.323 e. The van der Waals surface area contributed by atoms with Crippen molar-refractivity contribution in [3.8, 4) is 0 Å². The van der Waals surface area contributed by atoms with Gasteiger partial charge in [0.25, 0.3) is 0 Å². The van der Waals surface area contributed by atoms with Crippen LogP contribution in [0, 0.1) is 0 Å². The fourth-order valence-electron chi connectivity index (χ4n) is 1.19. The normalized spacial score (nSPS) is 9.88. The number of carbonyl (C=O) groups excluding carboxylic acids is 1. The number of carboxylic acid groups (broad SMARTS) is 1. The molecule has 0 radical (unpaired) electrons. The van der Waals surface area contributed by atoms with Crippen LogP contribution < -0.4 is 10.6 Å². The molecule has 0 fully saturated rings. The lowest BCUT2D eigenvalue weighted by molar-refractivity contribution is -0.136. The first-order chi connectivity index (χ1) is 7.54. The average molecular weight is 287 g/mol. The molecule has 0 spiro atoms. The molecule has 0 unspecified atom stereocenters. The first-order valence-electron chi connectivity index (χ1n) is 4.52. The zero-order valence-electron chi connectivity index (χ0n) is 8.39. The van der Waals surface area contributed by atoms with Crippen molar-refractivity contribution in [1.82, 2.24) is 0 Å². The minimum atomic E-state index is -1.08. The molecular weight excluding hydrogens is 276 g/mol.